The van der Waals surface area contributed by atoms with Crippen molar-refractivity contribution in [2.75, 3.05) is 5.32 Å². The first-order valence-electron chi connectivity index (χ1n) is 6.40. The molecule has 0 unspecified atom stereocenters. The van der Waals surface area contributed by atoms with Crippen LogP contribution in [0.15, 0.2) is 24.4 Å². The number of carbonyl (C=O) groups excluding carboxylic acids is 1. The van der Waals surface area contributed by atoms with E-state index in [1.165, 1.54) is 0 Å². The van der Waals surface area contributed by atoms with Crippen molar-refractivity contribution >= 4 is 23.2 Å². The zero-order chi connectivity index (χ0) is 14.9. The van der Waals surface area contributed by atoms with Crippen LogP contribution in [0.3, 0.4) is 0 Å². The first-order chi connectivity index (χ1) is 9.38. The highest BCUT2D eigenvalue weighted by molar-refractivity contribution is 6.30. The Morgan fingerprint density at radius 3 is 2.20 bits per heavy atom. The summed E-state index contributed by atoms with van der Waals surface area (Å²) in [5, 5.41) is 3.32. The quantitative estimate of drug-likeness (QED) is 0.841. The standard InChI is InChI=1S/C16H17ClN2O/c1-9-5-10(2)14(11(3)6-9)16(20)19-13-7-12(4)15(17)18-8-13/h5-8H,1-4H3,(H,19,20). The second kappa shape index (κ2) is 5.63. The molecule has 1 aromatic carbocycles. The number of nitrogens with zero attached hydrogens (tertiary/aromatic N) is 1. The number of anilines is 1. The normalized spacial score (nSPS) is 10.4. The molecule has 20 heavy (non-hydrogen) atoms. The molecule has 2 aromatic rings. The molecular weight excluding hydrogens is 272 g/mol. The van der Waals surface area contributed by atoms with Gasteiger partial charge in [-0.15, -0.1) is 0 Å². The molecular formula is C16H17ClN2O. The molecule has 0 spiro atoms. The summed E-state index contributed by atoms with van der Waals surface area (Å²) < 4.78 is 0. The maximum atomic E-state index is 12.4. The van der Waals surface area contributed by atoms with Crippen molar-refractivity contribution < 1.29 is 4.79 Å². The number of halogens is 1. The molecule has 0 aliphatic rings. The Morgan fingerprint density at radius 2 is 1.65 bits per heavy atom. The number of amides is 1. The molecule has 0 radical (unpaired) electrons. The van der Waals surface area contributed by atoms with E-state index < -0.39 is 0 Å². The van der Waals surface area contributed by atoms with Crippen LogP contribution < -0.4 is 5.32 Å². The molecule has 0 saturated carbocycles. The molecule has 3 nitrogen and oxygen atoms in total. The highest BCUT2D eigenvalue weighted by atomic mass is 35.5. The first-order valence-corrected chi connectivity index (χ1v) is 6.77. The van der Waals surface area contributed by atoms with Crippen molar-refractivity contribution in [3.63, 3.8) is 0 Å². The topological polar surface area (TPSA) is 42.0 Å². The highest BCUT2D eigenvalue weighted by Crippen LogP contribution is 2.20. The number of hydrogen-bond acceptors (Lipinski definition) is 2. The number of benzene rings is 1. The van der Waals surface area contributed by atoms with Gasteiger partial charge in [-0.1, -0.05) is 29.3 Å². The molecule has 1 aromatic heterocycles. The number of pyridine rings is 1. The summed E-state index contributed by atoms with van der Waals surface area (Å²) in [6, 6.07) is 5.83. The van der Waals surface area contributed by atoms with Crippen molar-refractivity contribution in [2.45, 2.75) is 27.7 Å². The predicted octanol–water partition coefficient (Wildman–Crippen LogP) is 4.22. The fourth-order valence-electron chi connectivity index (χ4n) is 2.36. The zero-order valence-electron chi connectivity index (χ0n) is 12.0. The maximum absolute atomic E-state index is 12.4. The van der Waals surface area contributed by atoms with Crippen molar-refractivity contribution in [1.82, 2.24) is 4.98 Å². The van der Waals surface area contributed by atoms with Crippen LogP contribution in [0.25, 0.3) is 0 Å². The molecule has 0 aliphatic heterocycles. The lowest BCUT2D eigenvalue weighted by Gasteiger charge is -2.12. The van der Waals surface area contributed by atoms with E-state index >= 15 is 0 Å². The minimum Gasteiger partial charge on any atom is -0.321 e. The minimum atomic E-state index is -0.122. The second-order valence-corrected chi connectivity index (χ2v) is 5.42. The number of aromatic nitrogens is 1. The molecule has 0 aliphatic carbocycles. The third-order valence-corrected chi connectivity index (χ3v) is 3.57. The third-order valence-electron chi connectivity index (χ3n) is 3.18. The van der Waals surface area contributed by atoms with Gasteiger partial charge in [0.05, 0.1) is 11.9 Å². The Kier molecular flexibility index (Phi) is 4.09. The van der Waals surface area contributed by atoms with Crippen LogP contribution >= 0.6 is 11.6 Å². The van der Waals surface area contributed by atoms with Gasteiger partial charge in [-0.3, -0.25) is 4.79 Å². The summed E-state index contributed by atoms with van der Waals surface area (Å²) in [5.41, 5.74) is 5.29. The van der Waals surface area contributed by atoms with Gasteiger partial charge < -0.3 is 5.32 Å². The van der Waals surface area contributed by atoms with E-state index in [9.17, 15) is 4.79 Å². The van der Waals surface area contributed by atoms with E-state index in [-0.39, 0.29) is 5.91 Å². The zero-order valence-corrected chi connectivity index (χ0v) is 12.8. The minimum absolute atomic E-state index is 0.122. The molecule has 0 saturated heterocycles. The number of hydrogen-bond donors (Lipinski definition) is 1. The molecule has 0 bridgehead atoms. The van der Waals surface area contributed by atoms with E-state index in [2.05, 4.69) is 10.3 Å². The summed E-state index contributed by atoms with van der Waals surface area (Å²) in [7, 11) is 0. The van der Waals surface area contributed by atoms with Crippen LogP contribution in [0.2, 0.25) is 5.15 Å². The van der Waals surface area contributed by atoms with Gasteiger partial charge in [-0.25, -0.2) is 4.98 Å². The van der Waals surface area contributed by atoms with Gasteiger partial charge >= 0.3 is 0 Å². The van der Waals surface area contributed by atoms with Crippen molar-refractivity contribution in [3.8, 4) is 0 Å². The summed E-state index contributed by atoms with van der Waals surface area (Å²) >= 11 is 5.88. The monoisotopic (exact) mass is 288 g/mol. The Balaban J connectivity index is 2.31. The molecule has 0 atom stereocenters. The summed E-state index contributed by atoms with van der Waals surface area (Å²) in [4.78, 5) is 16.4. The van der Waals surface area contributed by atoms with E-state index in [1.54, 1.807) is 6.20 Å². The first kappa shape index (κ1) is 14.5. The van der Waals surface area contributed by atoms with Gasteiger partial charge in [0.2, 0.25) is 0 Å². The van der Waals surface area contributed by atoms with Gasteiger partial charge in [0.15, 0.2) is 0 Å². The Morgan fingerprint density at radius 1 is 1.05 bits per heavy atom. The second-order valence-electron chi connectivity index (χ2n) is 5.06. The summed E-state index contributed by atoms with van der Waals surface area (Å²) in [6.45, 7) is 7.77. The lowest BCUT2D eigenvalue weighted by molar-refractivity contribution is 0.102. The predicted molar refractivity (Wildman–Crippen MR) is 82.6 cm³/mol. The lowest BCUT2D eigenvalue weighted by Crippen LogP contribution is -2.15. The Labute approximate surface area is 124 Å². The van der Waals surface area contributed by atoms with Crippen LogP contribution in [0.4, 0.5) is 5.69 Å². The molecule has 104 valence electrons. The maximum Gasteiger partial charge on any atom is 0.256 e. The molecule has 2 rings (SSSR count). The third kappa shape index (κ3) is 2.99. The van der Waals surface area contributed by atoms with Crippen molar-refractivity contribution in [3.05, 3.63) is 57.4 Å². The van der Waals surface area contributed by atoms with Crippen LogP contribution in [0, 0.1) is 27.7 Å². The molecule has 0 fully saturated rings. The van der Waals surface area contributed by atoms with Gasteiger partial charge in [-0.05, 0) is 50.5 Å². The molecule has 4 heteroatoms. The van der Waals surface area contributed by atoms with Gasteiger partial charge in [0.1, 0.15) is 5.15 Å². The van der Waals surface area contributed by atoms with E-state index in [0.29, 0.717) is 16.4 Å². The lowest BCUT2D eigenvalue weighted by atomic mass is 9.99. The fraction of sp³-hybridized carbons (Fsp3) is 0.250. The largest absolute Gasteiger partial charge is 0.321 e. The van der Waals surface area contributed by atoms with E-state index in [0.717, 1.165) is 22.3 Å². The highest BCUT2D eigenvalue weighted by Gasteiger charge is 2.13. The average Bonchev–Trinajstić information content (AvgIpc) is 2.32. The van der Waals surface area contributed by atoms with Crippen LogP contribution in [0.1, 0.15) is 32.6 Å². The SMILES string of the molecule is Cc1cc(C)c(C(=O)Nc2cnc(Cl)c(C)c2)c(C)c1. The van der Waals surface area contributed by atoms with Crippen molar-refractivity contribution in [2.24, 2.45) is 0 Å². The fourth-order valence-corrected chi connectivity index (χ4v) is 2.46. The van der Waals surface area contributed by atoms with E-state index in [4.69, 9.17) is 11.6 Å². The summed E-state index contributed by atoms with van der Waals surface area (Å²) in [5.74, 6) is -0.122. The smallest absolute Gasteiger partial charge is 0.256 e. The van der Waals surface area contributed by atoms with Crippen LogP contribution in [-0.2, 0) is 0 Å². The molecule has 1 heterocycles. The van der Waals surface area contributed by atoms with Crippen LogP contribution in [0.5, 0.6) is 0 Å². The summed E-state index contributed by atoms with van der Waals surface area (Å²) in [6.07, 6.45) is 1.56. The number of carbonyl (C=O) groups is 1. The average molecular weight is 289 g/mol. The van der Waals surface area contributed by atoms with Gasteiger partial charge in [0, 0.05) is 5.56 Å². The Bertz CT molecular complexity index is 657. The Hall–Kier alpha value is -1.87. The van der Waals surface area contributed by atoms with Gasteiger partial charge in [-0.2, -0.15) is 0 Å². The van der Waals surface area contributed by atoms with E-state index in [1.807, 2.05) is 45.9 Å². The molecule has 1 N–H and O–H groups in total. The van der Waals surface area contributed by atoms with Gasteiger partial charge in [0.25, 0.3) is 5.91 Å². The number of rotatable bonds is 2. The number of aryl methyl sites for hydroxylation is 4. The molecule has 1 amide bonds. The number of nitrogens with one attached hydrogen (secondary N) is 1. The van der Waals surface area contributed by atoms with Crippen LogP contribution in [-0.4, -0.2) is 10.9 Å². The van der Waals surface area contributed by atoms with Crippen molar-refractivity contribution in [1.29, 1.82) is 0 Å².